The Labute approximate surface area is 290 Å². The topological polar surface area (TPSA) is 114 Å². The van der Waals surface area contributed by atoms with Crippen LogP contribution in [0.25, 0.3) is 22.3 Å². The molecule has 0 N–H and O–H groups in total. The van der Waals surface area contributed by atoms with Crippen LogP contribution in [0.5, 0.6) is 0 Å². The van der Waals surface area contributed by atoms with Gasteiger partial charge in [0.15, 0.2) is 0 Å². The zero-order chi connectivity index (χ0) is 28.5. The molecule has 0 fully saturated rings. The molecule has 0 spiro atoms. The van der Waals surface area contributed by atoms with E-state index in [0.29, 0.717) is 5.56 Å². The van der Waals surface area contributed by atoms with Crippen LogP contribution in [-0.2, 0) is 26.7 Å². The van der Waals surface area contributed by atoms with Crippen molar-refractivity contribution < 1.29 is 85.1 Å². The van der Waals surface area contributed by atoms with E-state index in [-0.39, 0.29) is 70.2 Å². The fraction of sp³-hybridized carbons (Fsp3) is 0.419. The zero-order valence-electron chi connectivity index (χ0n) is 24.8. The molecule has 0 amide bonds. The zero-order valence-corrected chi connectivity index (χ0v) is 30.5. The summed E-state index contributed by atoms with van der Waals surface area (Å²) in [6, 6.07) is 15.7. The van der Waals surface area contributed by atoms with Gasteiger partial charge >= 0.3 is 59.1 Å². The van der Waals surface area contributed by atoms with E-state index in [1.165, 1.54) is 81.7 Å². The average Bonchev–Trinajstić information content (AvgIpc) is 2.89. The molecule has 0 saturated carbocycles. The molecule has 0 aliphatic heterocycles. The number of unbranched alkanes of at least 4 members (excludes halogenated alkanes) is 9. The minimum atomic E-state index is -4.98. The van der Waals surface area contributed by atoms with Crippen molar-refractivity contribution in [3.05, 3.63) is 71.8 Å². The maximum Gasteiger partial charge on any atom is 1.00 e. The first-order valence-electron chi connectivity index (χ1n) is 13.8. The standard InChI is InChI=1S/C31H40O6S2.2Na/c1-3-4-5-6-7-8-9-10-11-12-15-25-19-18-24(2)29(22-25)26-20-21-28(31(23-26)39(35,36)37)27-16-13-14-17-30(27)38(32,33)34;;/h13-14,16-23H,3-12,15H2,1-2H3,(H,32,33,34)(H,35,36,37);;/q;2*+1/p-2. The Morgan fingerprint density at radius 1 is 0.585 bits per heavy atom. The van der Waals surface area contributed by atoms with Crippen LogP contribution < -0.4 is 59.1 Å². The molecule has 0 aromatic heterocycles. The molecule has 10 heteroatoms. The molecule has 0 aliphatic carbocycles. The summed E-state index contributed by atoms with van der Waals surface area (Å²) in [5.41, 5.74) is 3.18. The first-order valence-corrected chi connectivity index (χ1v) is 16.6. The molecule has 3 aromatic carbocycles. The summed E-state index contributed by atoms with van der Waals surface area (Å²) in [6.07, 6.45) is 13.5. The van der Waals surface area contributed by atoms with Gasteiger partial charge in [0.05, 0.1) is 9.79 Å². The molecule has 0 radical (unpaired) electrons. The van der Waals surface area contributed by atoms with E-state index in [2.05, 4.69) is 13.0 Å². The van der Waals surface area contributed by atoms with Gasteiger partial charge in [0.2, 0.25) is 0 Å². The van der Waals surface area contributed by atoms with Crippen molar-refractivity contribution in [2.75, 3.05) is 0 Å². The largest absolute Gasteiger partial charge is 1.00 e. The normalized spacial score (nSPS) is 11.5. The summed E-state index contributed by atoms with van der Waals surface area (Å²) < 4.78 is 72.1. The molecule has 0 aliphatic rings. The Balaban J connectivity index is 0.00000420. The molecule has 0 unspecified atom stereocenters. The first kappa shape index (κ1) is 38.5. The van der Waals surface area contributed by atoms with E-state index in [4.69, 9.17) is 0 Å². The maximum atomic E-state index is 12.3. The number of hydrogen-bond acceptors (Lipinski definition) is 6. The molecule has 41 heavy (non-hydrogen) atoms. The van der Waals surface area contributed by atoms with Crippen LogP contribution in [-0.4, -0.2) is 25.9 Å². The van der Waals surface area contributed by atoms with Crippen molar-refractivity contribution >= 4 is 20.2 Å². The summed E-state index contributed by atoms with van der Waals surface area (Å²) in [5.74, 6) is 0. The van der Waals surface area contributed by atoms with Crippen LogP contribution >= 0.6 is 0 Å². The monoisotopic (exact) mass is 616 g/mol. The van der Waals surface area contributed by atoms with Crippen LogP contribution in [0.2, 0.25) is 0 Å². The van der Waals surface area contributed by atoms with Gasteiger partial charge in [-0.1, -0.05) is 113 Å². The molecule has 0 atom stereocenters. The predicted octanol–water partition coefficient (Wildman–Crippen LogP) is 1.61. The molecule has 6 nitrogen and oxygen atoms in total. The maximum absolute atomic E-state index is 12.3. The second-order valence-corrected chi connectivity index (χ2v) is 12.9. The van der Waals surface area contributed by atoms with E-state index in [0.717, 1.165) is 42.0 Å². The van der Waals surface area contributed by atoms with Crippen molar-refractivity contribution in [2.45, 2.75) is 94.3 Å². The summed E-state index contributed by atoms with van der Waals surface area (Å²) >= 11 is 0. The third kappa shape index (κ3) is 11.8. The number of rotatable bonds is 15. The summed E-state index contributed by atoms with van der Waals surface area (Å²) in [4.78, 5) is -1.13. The number of benzene rings is 3. The molecule has 3 rings (SSSR count). The van der Waals surface area contributed by atoms with Crippen LogP contribution in [0.4, 0.5) is 0 Å². The SMILES string of the molecule is CCCCCCCCCCCCc1ccc(C)c(-c2ccc(-c3ccccc3S(=O)(=O)[O-])c(S(=O)(=O)[O-])c2)c1.[Na+].[Na+]. The predicted molar refractivity (Wildman–Crippen MR) is 154 cm³/mol. The molecule has 3 aromatic rings. The number of aryl methyl sites for hydroxylation is 2. The second-order valence-electron chi connectivity index (χ2n) is 10.2. The molecule has 212 valence electrons. The summed E-state index contributed by atoms with van der Waals surface area (Å²) in [6.45, 7) is 4.15. The smallest absolute Gasteiger partial charge is 0.744 e. The van der Waals surface area contributed by atoms with Crippen LogP contribution in [0.3, 0.4) is 0 Å². The fourth-order valence-corrected chi connectivity index (χ4v) is 6.39. The van der Waals surface area contributed by atoms with E-state index >= 15 is 0 Å². The van der Waals surface area contributed by atoms with Crippen molar-refractivity contribution in [2.24, 2.45) is 0 Å². The van der Waals surface area contributed by atoms with Gasteiger partial charge in [-0.2, -0.15) is 0 Å². The Morgan fingerprint density at radius 3 is 1.71 bits per heavy atom. The van der Waals surface area contributed by atoms with Gasteiger partial charge in [-0.25, -0.2) is 16.8 Å². The van der Waals surface area contributed by atoms with Gasteiger partial charge in [-0.3, -0.25) is 0 Å². The van der Waals surface area contributed by atoms with Crippen molar-refractivity contribution in [3.63, 3.8) is 0 Å². The number of hydrogen-bond donors (Lipinski definition) is 0. The van der Waals surface area contributed by atoms with Gasteiger partial charge in [0.25, 0.3) is 0 Å². The minimum absolute atomic E-state index is 0. The van der Waals surface area contributed by atoms with E-state index in [1.54, 1.807) is 6.07 Å². The first-order chi connectivity index (χ1) is 18.5. The molecular formula is C31H38Na2O6S2. The van der Waals surface area contributed by atoms with E-state index in [1.807, 2.05) is 19.1 Å². The minimum Gasteiger partial charge on any atom is -0.744 e. The van der Waals surface area contributed by atoms with Crippen LogP contribution in [0, 0.1) is 6.92 Å². The Morgan fingerprint density at radius 2 is 1.12 bits per heavy atom. The molecule has 0 bridgehead atoms. The summed E-state index contributed by atoms with van der Waals surface area (Å²) in [5, 5.41) is 0. The van der Waals surface area contributed by atoms with Crippen LogP contribution in [0.15, 0.2) is 70.5 Å². The molecule has 0 heterocycles. The Bertz CT molecular complexity index is 1470. The molecule has 0 saturated heterocycles. The van der Waals surface area contributed by atoms with Gasteiger partial charge in [-0.15, -0.1) is 0 Å². The summed E-state index contributed by atoms with van der Waals surface area (Å²) in [7, 11) is -9.86. The third-order valence-electron chi connectivity index (χ3n) is 7.13. The van der Waals surface area contributed by atoms with Crippen LogP contribution in [0.1, 0.15) is 82.3 Å². The van der Waals surface area contributed by atoms with Crippen molar-refractivity contribution in [1.82, 2.24) is 0 Å². The van der Waals surface area contributed by atoms with Gasteiger partial charge in [0, 0.05) is 11.1 Å². The fourth-order valence-electron chi connectivity index (χ4n) is 4.98. The van der Waals surface area contributed by atoms with Crippen molar-refractivity contribution in [1.29, 1.82) is 0 Å². The van der Waals surface area contributed by atoms with Gasteiger partial charge < -0.3 is 9.11 Å². The van der Waals surface area contributed by atoms with Gasteiger partial charge in [-0.05, 0) is 54.2 Å². The second kappa shape index (κ2) is 18.3. The Hall–Kier alpha value is -0.520. The third-order valence-corrected chi connectivity index (χ3v) is 8.90. The van der Waals surface area contributed by atoms with Crippen molar-refractivity contribution in [3.8, 4) is 22.3 Å². The van der Waals surface area contributed by atoms with E-state index < -0.39 is 30.0 Å². The average molecular weight is 617 g/mol. The quantitative estimate of drug-likeness (QED) is 0.146. The Kier molecular flexibility index (Phi) is 17.2. The van der Waals surface area contributed by atoms with Gasteiger partial charge in [0.1, 0.15) is 20.2 Å². The molecular weight excluding hydrogens is 578 g/mol. The van der Waals surface area contributed by atoms with E-state index in [9.17, 15) is 25.9 Å².